The summed E-state index contributed by atoms with van der Waals surface area (Å²) in [5, 5.41) is 7.22. The van der Waals surface area contributed by atoms with Gasteiger partial charge in [-0.25, -0.2) is 10.9 Å². The van der Waals surface area contributed by atoms with Crippen molar-refractivity contribution >= 4 is 29.9 Å². The first-order valence-electron chi connectivity index (χ1n) is 8.31. The zero-order valence-electron chi connectivity index (χ0n) is 13.9. The summed E-state index contributed by atoms with van der Waals surface area (Å²) in [6.07, 6.45) is 2.96. The zero-order valence-corrected chi connectivity index (χ0v) is 15.5. The van der Waals surface area contributed by atoms with Crippen LogP contribution in [-0.2, 0) is 4.79 Å². The van der Waals surface area contributed by atoms with Gasteiger partial charge in [-0.1, -0.05) is 30.7 Å². The van der Waals surface area contributed by atoms with Crippen molar-refractivity contribution < 1.29 is 4.79 Å². The molecule has 24 heavy (non-hydrogen) atoms. The van der Waals surface area contributed by atoms with Gasteiger partial charge in [0.1, 0.15) is 6.04 Å². The minimum atomic E-state index is -0.194. The third-order valence-corrected chi connectivity index (χ3v) is 5.24. The number of piperidine rings is 1. The summed E-state index contributed by atoms with van der Waals surface area (Å²) in [7, 11) is 0. The lowest BCUT2D eigenvalue weighted by Crippen LogP contribution is -2.48. The highest BCUT2D eigenvalue weighted by atomic mass is 35.5. The number of carbonyl (C=O) groups is 1. The molecule has 2 fully saturated rings. The van der Waals surface area contributed by atoms with Crippen LogP contribution in [0.2, 0.25) is 5.02 Å². The highest BCUT2D eigenvalue weighted by molar-refractivity contribution is 6.30. The highest BCUT2D eigenvalue weighted by Gasteiger charge is 2.32. The topological polar surface area (TPSA) is 65.2 Å². The number of hydrazine groups is 1. The molecule has 2 unspecified atom stereocenters. The van der Waals surface area contributed by atoms with E-state index in [0.29, 0.717) is 0 Å². The van der Waals surface area contributed by atoms with Gasteiger partial charge in [0, 0.05) is 17.6 Å². The summed E-state index contributed by atoms with van der Waals surface area (Å²) >= 11 is 5.92. The van der Waals surface area contributed by atoms with E-state index in [9.17, 15) is 4.79 Å². The van der Waals surface area contributed by atoms with E-state index in [1.807, 2.05) is 24.3 Å². The van der Waals surface area contributed by atoms with Crippen LogP contribution in [0.5, 0.6) is 0 Å². The first-order chi connectivity index (χ1) is 11.1. The molecule has 0 radical (unpaired) electrons. The molecule has 0 spiro atoms. The number of benzene rings is 1. The van der Waals surface area contributed by atoms with E-state index in [1.165, 1.54) is 0 Å². The molecular weight excluding hydrogens is 347 g/mol. The van der Waals surface area contributed by atoms with Gasteiger partial charge in [0.15, 0.2) is 0 Å². The molecule has 2 atom stereocenters. The van der Waals surface area contributed by atoms with Crippen molar-refractivity contribution in [1.29, 1.82) is 0 Å². The normalized spacial score (nSPS) is 25.8. The molecular formula is C17H26Cl2N4O. The summed E-state index contributed by atoms with van der Waals surface area (Å²) in [4.78, 5) is 12.4. The fraction of sp³-hybridized carbons (Fsp3) is 0.588. The lowest BCUT2D eigenvalue weighted by atomic mass is 9.81. The van der Waals surface area contributed by atoms with Gasteiger partial charge in [0.25, 0.3) is 0 Å². The predicted octanol–water partition coefficient (Wildman–Crippen LogP) is 2.18. The van der Waals surface area contributed by atoms with E-state index < -0.39 is 0 Å². The van der Waals surface area contributed by atoms with Crippen molar-refractivity contribution in [2.24, 2.45) is 5.41 Å². The molecule has 0 aliphatic carbocycles. The van der Waals surface area contributed by atoms with Crippen LogP contribution in [0, 0.1) is 5.41 Å². The van der Waals surface area contributed by atoms with Crippen molar-refractivity contribution in [2.75, 3.05) is 19.6 Å². The minimum Gasteiger partial charge on any atom is -0.354 e. The van der Waals surface area contributed by atoms with Crippen LogP contribution in [-0.4, -0.2) is 31.6 Å². The van der Waals surface area contributed by atoms with Gasteiger partial charge in [0.2, 0.25) is 5.91 Å². The lowest BCUT2D eigenvalue weighted by molar-refractivity contribution is -0.123. The first kappa shape index (κ1) is 19.5. The van der Waals surface area contributed by atoms with Crippen molar-refractivity contribution in [3.05, 3.63) is 34.9 Å². The molecule has 0 saturated carbocycles. The molecule has 5 nitrogen and oxygen atoms in total. The van der Waals surface area contributed by atoms with E-state index in [1.54, 1.807) is 0 Å². The maximum absolute atomic E-state index is 12.4. The molecule has 1 aromatic rings. The summed E-state index contributed by atoms with van der Waals surface area (Å²) in [6, 6.07) is 7.70. The number of hydrogen-bond acceptors (Lipinski definition) is 4. The second-order valence-corrected chi connectivity index (χ2v) is 7.40. The maximum atomic E-state index is 12.4. The smallest absolute Gasteiger partial charge is 0.238 e. The first-order valence-corrected chi connectivity index (χ1v) is 8.68. The van der Waals surface area contributed by atoms with Crippen molar-refractivity contribution in [2.45, 2.75) is 38.3 Å². The van der Waals surface area contributed by atoms with E-state index in [4.69, 9.17) is 11.6 Å². The maximum Gasteiger partial charge on any atom is 0.238 e. The average molecular weight is 373 g/mol. The molecule has 2 saturated heterocycles. The largest absolute Gasteiger partial charge is 0.354 e. The quantitative estimate of drug-likeness (QED) is 0.653. The van der Waals surface area contributed by atoms with Crippen molar-refractivity contribution in [3.8, 4) is 0 Å². The fourth-order valence-corrected chi connectivity index (χ4v) is 3.40. The second-order valence-electron chi connectivity index (χ2n) is 6.96. The zero-order chi connectivity index (χ0) is 16.3. The Morgan fingerprint density at radius 2 is 1.92 bits per heavy atom. The third-order valence-electron chi connectivity index (χ3n) is 4.99. The van der Waals surface area contributed by atoms with Gasteiger partial charge in [-0.05, 0) is 55.5 Å². The van der Waals surface area contributed by atoms with Gasteiger partial charge in [-0.3, -0.25) is 4.79 Å². The molecule has 7 heteroatoms. The lowest BCUT2D eigenvalue weighted by Gasteiger charge is -2.34. The number of halogens is 2. The Bertz CT molecular complexity index is 546. The standard InChI is InChI=1S/C17H25ClN4O.ClH/c1-17(6-8-19-9-7-17)11-20-16(23)15-10-14(21-22-15)12-2-4-13(18)5-3-12;/h2-5,14-15,19,21-22H,6-11H2,1H3,(H,20,23);1H. The summed E-state index contributed by atoms with van der Waals surface area (Å²) in [6.45, 7) is 5.07. The summed E-state index contributed by atoms with van der Waals surface area (Å²) < 4.78 is 0. The molecule has 1 aromatic carbocycles. The van der Waals surface area contributed by atoms with Crippen LogP contribution < -0.4 is 21.5 Å². The van der Waals surface area contributed by atoms with Crippen LogP contribution in [0.15, 0.2) is 24.3 Å². The summed E-state index contributed by atoms with van der Waals surface area (Å²) in [5.74, 6) is 0.0775. The highest BCUT2D eigenvalue weighted by Crippen LogP contribution is 2.27. The minimum absolute atomic E-state index is 0. The molecule has 1 amide bonds. The van der Waals surface area contributed by atoms with Gasteiger partial charge < -0.3 is 10.6 Å². The SMILES string of the molecule is CC1(CNC(=O)C2CC(c3ccc(Cl)cc3)NN2)CCNCC1.Cl. The van der Waals surface area contributed by atoms with E-state index in [2.05, 4.69) is 28.4 Å². The fourth-order valence-electron chi connectivity index (χ4n) is 3.27. The van der Waals surface area contributed by atoms with Gasteiger partial charge in [0.05, 0.1) is 0 Å². The Labute approximate surface area is 154 Å². The second kappa shape index (κ2) is 8.50. The Balaban J connectivity index is 0.00000208. The number of hydrogen-bond donors (Lipinski definition) is 4. The molecule has 4 N–H and O–H groups in total. The number of carbonyl (C=O) groups excluding carboxylic acids is 1. The number of nitrogens with one attached hydrogen (secondary N) is 4. The van der Waals surface area contributed by atoms with Crippen LogP contribution in [0.25, 0.3) is 0 Å². The Hall–Kier alpha value is -0.850. The molecule has 3 rings (SSSR count). The number of amides is 1. The van der Waals surface area contributed by atoms with Gasteiger partial charge >= 0.3 is 0 Å². The molecule has 134 valence electrons. The molecule has 2 aliphatic rings. The van der Waals surface area contributed by atoms with Crippen LogP contribution in [0.4, 0.5) is 0 Å². The Morgan fingerprint density at radius 3 is 2.58 bits per heavy atom. The van der Waals surface area contributed by atoms with E-state index in [0.717, 1.165) is 49.5 Å². The van der Waals surface area contributed by atoms with Crippen LogP contribution in [0.3, 0.4) is 0 Å². The van der Waals surface area contributed by atoms with E-state index in [-0.39, 0.29) is 35.8 Å². The van der Waals surface area contributed by atoms with Gasteiger partial charge in [-0.2, -0.15) is 0 Å². The van der Waals surface area contributed by atoms with E-state index >= 15 is 0 Å². The van der Waals surface area contributed by atoms with Crippen LogP contribution >= 0.6 is 24.0 Å². The van der Waals surface area contributed by atoms with Crippen LogP contribution in [0.1, 0.15) is 37.8 Å². The van der Waals surface area contributed by atoms with Gasteiger partial charge in [-0.15, -0.1) is 12.4 Å². The molecule has 2 aliphatic heterocycles. The molecule has 0 aromatic heterocycles. The Kier molecular flexibility index (Phi) is 6.89. The summed E-state index contributed by atoms with van der Waals surface area (Å²) in [5.41, 5.74) is 7.67. The Morgan fingerprint density at radius 1 is 1.25 bits per heavy atom. The monoisotopic (exact) mass is 372 g/mol. The number of rotatable bonds is 4. The van der Waals surface area contributed by atoms with Crippen molar-refractivity contribution in [1.82, 2.24) is 21.5 Å². The molecule has 2 heterocycles. The molecule has 0 bridgehead atoms. The predicted molar refractivity (Wildman–Crippen MR) is 99.3 cm³/mol. The third kappa shape index (κ3) is 4.83. The average Bonchev–Trinajstić information content (AvgIpc) is 3.04. The van der Waals surface area contributed by atoms with Crippen molar-refractivity contribution in [3.63, 3.8) is 0 Å².